The molecule has 5 nitrogen and oxygen atoms in total. The van der Waals surface area contributed by atoms with Crippen molar-refractivity contribution in [1.82, 2.24) is 14.9 Å². The molecule has 3 rings (SSSR count). The van der Waals surface area contributed by atoms with Crippen LogP contribution in [0.4, 0.5) is 0 Å². The molecule has 0 aliphatic rings. The van der Waals surface area contributed by atoms with Gasteiger partial charge in [0.25, 0.3) is 5.91 Å². The van der Waals surface area contributed by atoms with Crippen molar-refractivity contribution in [3.8, 4) is 0 Å². The van der Waals surface area contributed by atoms with Gasteiger partial charge in [0.2, 0.25) is 0 Å². The Morgan fingerprint density at radius 3 is 2.83 bits per heavy atom. The number of rotatable bonds is 6. The Hall–Kier alpha value is -2.82. The van der Waals surface area contributed by atoms with E-state index in [1.54, 1.807) is 12.5 Å². The molecule has 1 N–H and O–H groups in total. The molecule has 3 aromatic rings. The average Bonchev–Trinajstić information content (AvgIpc) is 3.19. The zero-order valence-electron chi connectivity index (χ0n) is 14.0. The van der Waals surface area contributed by atoms with Gasteiger partial charge >= 0.3 is 0 Å². The maximum Gasteiger partial charge on any atom is 0.253 e. The zero-order chi connectivity index (χ0) is 16.9. The van der Waals surface area contributed by atoms with Gasteiger partial charge in [-0.1, -0.05) is 6.07 Å². The van der Waals surface area contributed by atoms with Crippen LogP contribution in [0, 0.1) is 13.8 Å². The van der Waals surface area contributed by atoms with Crippen molar-refractivity contribution in [2.75, 3.05) is 6.54 Å². The molecule has 5 heteroatoms. The molecule has 0 bridgehead atoms. The van der Waals surface area contributed by atoms with Crippen molar-refractivity contribution in [2.24, 2.45) is 0 Å². The Morgan fingerprint density at radius 2 is 2.12 bits per heavy atom. The topological polar surface area (TPSA) is 60.1 Å². The third-order valence-corrected chi connectivity index (χ3v) is 4.11. The predicted molar refractivity (Wildman–Crippen MR) is 92.0 cm³/mol. The van der Waals surface area contributed by atoms with Gasteiger partial charge in [0.15, 0.2) is 0 Å². The van der Waals surface area contributed by atoms with Crippen LogP contribution >= 0.6 is 0 Å². The zero-order valence-corrected chi connectivity index (χ0v) is 14.0. The first kappa shape index (κ1) is 16.1. The van der Waals surface area contributed by atoms with E-state index in [1.807, 2.05) is 50.2 Å². The van der Waals surface area contributed by atoms with Crippen LogP contribution in [-0.4, -0.2) is 22.0 Å². The number of carbonyl (C=O) groups is 1. The summed E-state index contributed by atoms with van der Waals surface area (Å²) in [5.41, 5.74) is 3.67. The highest BCUT2D eigenvalue weighted by Crippen LogP contribution is 2.17. The minimum Gasteiger partial charge on any atom is -0.467 e. The van der Waals surface area contributed by atoms with Crippen molar-refractivity contribution in [3.63, 3.8) is 0 Å². The maximum atomic E-state index is 12.5. The van der Waals surface area contributed by atoms with Crippen LogP contribution in [0.25, 0.3) is 0 Å². The number of carbonyl (C=O) groups excluding carboxylic acids is 1. The quantitative estimate of drug-likeness (QED) is 0.758. The summed E-state index contributed by atoms with van der Waals surface area (Å²) in [5, 5.41) is 2.97. The van der Waals surface area contributed by atoms with Gasteiger partial charge < -0.3 is 14.3 Å². The number of nitrogens with zero attached hydrogens (tertiary/aromatic N) is 2. The Bertz CT molecular complexity index is 805. The summed E-state index contributed by atoms with van der Waals surface area (Å²) in [4.78, 5) is 16.7. The lowest BCUT2D eigenvalue weighted by Crippen LogP contribution is -2.26. The molecular formula is C19H21N3O2. The summed E-state index contributed by atoms with van der Waals surface area (Å²) in [6.07, 6.45) is 4.14. The molecule has 0 aromatic carbocycles. The van der Waals surface area contributed by atoms with Gasteiger partial charge in [-0.15, -0.1) is 0 Å². The van der Waals surface area contributed by atoms with Gasteiger partial charge in [-0.3, -0.25) is 9.78 Å². The van der Waals surface area contributed by atoms with Crippen LogP contribution in [0.2, 0.25) is 0 Å². The summed E-state index contributed by atoms with van der Waals surface area (Å²) < 4.78 is 7.49. The molecule has 0 saturated carbocycles. The highest BCUT2D eigenvalue weighted by atomic mass is 16.3. The summed E-state index contributed by atoms with van der Waals surface area (Å²) >= 11 is 0. The number of hydrogen-bond donors (Lipinski definition) is 1. The third-order valence-electron chi connectivity index (χ3n) is 4.11. The molecule has 0 fully saturated rings. The molecule has 0 radical (unpaired) electrons. The van der Waals surface area contributed by atoms with Crippen LogP contribution in [0.3, 0.4) is 0 Å². The van der Waals surface area contributed by atoms with Crippen LogP contribution in [-0.2, 0) is 13.0 Å². The fourth-order valence-corrected chi connectivity index (χ4v) is 2.78. The van der Waals surface area contributed by atoms with Crippen LogP contribution in [0.5, 0.6) is 0 Å². The number of nitrogens with one attached hydrogen (secondary N) is 1. The highest BCUT2D eigenvalue weighted by Gasteiger charge is 2.16. The standard InChI is InChI=1S/C19H21N3O2/c1-14-12-18(15(2)22(14)13-17-7-5-11-24-17)19(23)21-10-8-16-6-3-4-9-20-16/h3-7,9,11-12H,8,10,13H2,1-2H3,(H,21,23). The van der Waals surface area contributed by atoms with Gasteiger partial charge in [0, 0.05) is 36.2 Å². The molecular weight excluding hydrogens is 302 g/mol. The molecule has 124 valence electrons. The van der Waals surface area contributed by atoms with E-state index in [0.717, 1.165) is 29.3 Å². The van der Waals surface area contributed by atoms with Gasteiger partial charge in [-0.05, 0) is 44.2 Å². The van der Waals surface area contributed by atoms with Gasteiger partial charge in [0.1, 0.15) is 5.76 Å². The van der Waals surface area contributed by atoms with Crippen LogP contribution in [0.15, 0.2) is 53.3 Å². The number of hydrogen-bond acceptors (Lipinski definition) is 3. The van der Waals surface area contributed by atoms with Crippen molar-refractivity contribution in [3.05, 3.63) is 77.3 Å². The Kier molecular flexibility index (Phi) is 4.79. The van der Waals surface area contributed by atoms with E-state index in [-0.39, 0.29) is 5.91 Å². The normalized spacial score (nSPS) is 10.8. The molecule has 1 amide bonds. The SMILES string of the molecule is Cc1cc(C(=O)NCCc2ccccn2)c(C)n1Cc1ccco1. The number of aryl methyl sites for hydroxylation is 1. The average molecular weight is 323 g/mol. The second kappa shape index (κ2) is 7.17. The lowest BCUT2D eigenvalue weighted by molar-refractivity contribution is 0.0953. The van der Waals surface area contributed by atoms with Crippen molar-refractivity contribution < 1.29 is 9.21 Å². The molecule has 0 spiro atoms. The van der Waals surface area contributed by atoms with Gasteiger partial charge in [-0.2, -0.15) is 0 Å². The van der Waals surface area contributed by atoms with Crippen LogP contribution < -0.4 is 5.32 Å². The van der Waals surface area contributed by atoms with E-state index in [2.05, 4.69) is 14.9 Å². The molecule has 0 saturated heterocycles. The third kappa shape index (κ3) is 3.56. The largest absolute Gasteiger partial charge is 0.467 e. The second-order valence-corrected chi connectivity index (χ2v) is 5.78. The lowest BCUT2D eigenvalue weighted by Gasteiger charge is -2.08. The van der Waals surface area contributed by atoms with E-state index in [9.17, 15) is 4.79 Å². The Balaban J connectivity index is 1.64. The smallest absolute Gasteiger partial charge is 0.253 e. The number of amides is 1. The van der Waals surface area contributed by atoms with Crippen molar-refractivity contribution in [1.29, 1.82) is 0 Å². The van der Waals surface area contributed by atoms with E-state index in [4.69, 9.17) is 4.42 Å². The monoisotopic (exact) mass is 323 g/mol. The molecule has 0 atom stereocenters. The molecule has 0 aliphatic carbocycles. The second-order valence-electron chi connectivity index (χ2n) is 5.78. The molecule has 24 heavy (non-hydrogen) atoms. The molecule has 3 heterocycles. The lowest BCUT2D eigenvalue weighted by atomic mass is 10.2. The molecule has 0 aliphatic heterocycles. The first-order valence-electron chi connectivity index (χ1n) is 8.02. The van der Waals surface area contributed by atoms with Gasteiger partial charge in [0.05, 0.1) is 18.4 Å². The first-order valence-corrected chi connectivity index (χ1v) is 8.02. The Morgan fingerprint density at radius 1 is 1.25 bits per heavy atom. The van der Waals surface area contributed by atoms with Gasteiger partial charge in [-0.25, -0.2) is 0 Å². The highest BCUT2D eigenvalue weighted by molar-refractivity contribution is 5.95. The number of aromatic nitrogens is 2. The first-order chi connectivity index (χ1) is 11.6. The van der Waals surface area contributed by atoms with E-state index in [1.165, 1.54) is 0 Å². The summed E-state index contributed by atoms with van der Waals surface area (Å²) in [5.74, 6) is 0.823. The van der Waals surface area contributed by atoms with Crippen LogP contribution in [0.1, 0.15) is 33.2 Å². The fraction of sp³-hybridized carbons (Fsp3) is 0.263. The van der Waals surface area contributed by atoms with Crippen molar-refractivity contribution in [2.45, 2.75) is 26.8 Å². The van der Waals surface area contributed by atoms with E-state index < -0.39 is 0 Å². The molecule has 0 unspecified atom stereocenters. The predicted octanol–water partition coefficient (Wildman–Crippen LogP) is 3.11. The molecule has 3 aromatic heterocycles. The minimum absolute atomic E-state index is 0.0512. The fourth-order valence-electron chi connectivity index (χ4n) is 2.78. The van der Waals surface area contributed by atoms with E-state index >= 15 is 0 Å². The number of pyridine rings is 1. The summed E-state index contributed by atoms with van der Waals surface area (Å²) in [7, 11) is 0. The Labute approximate surface area is 141 Å². The van der Waals surface area contributed by atoms with E-state index in [0.29, 0.717) is 18.7 Å². The summed E-state index contributed by atoms with van der Waals surface area (Å²) in [6.45, 7) is 5.16. The summed E-state index contributed by atoms with van der Waals surface area (Å²) in [6, 6.07) is 11.5. The minimum atomic E-state index is -0.0512. The maximum absolute atomic E-state index is 12.5. The number of furan rings is 1. The van der Waals surface area contributed by atoms with Crippen molar-refractivity contribution >= 4 is 5.91 Å².